The van der Waals surface area contributed by atoms with E-state index in [1.165, 1.54) is 6.07 Å². The summed E-state index contributed by atoms with van der Waals surface area (Å²) in [4.78, 5) is 10.9. The lowest BCUT2D eigenvalue weighted by molar-refractivity contribution is -0.142. The number of rotatable bonds is 6. The highest BCUT2D eigenvalue weighted by atomic mass is 35.5. The van der Waals surface area contributed by atoms with Gasteiger partial charge in [0.1, 0.15) is 9.23 Å². The molecule has 2 N–H and O–H groups in total. The number of carboxylic acids is 1. The fourth-order valence-electron chi connectivity index (χ4n) is 1.39. The van der Waals surface area contributed by atoms with Crippen LogP contribution in [0.5, 0.6) is 0 Å². The SMILES string of the molecule is CC(C)C(CNS(=O)(=O)c1cc(Cl)sc1Cl)C(=O)O. The molecule has 0 radical (unpaired) electrons. The molecular formula is C10H13Cl2NO4S2. The zero-order valence-electron chi connectivity index (χ0n) is 10.2. The number of hydrogen-bond acceptors (Lipinski definition) is 4. The van der Waals surface area contributed by atoms with Crippen LogP contribution in [0.4, 0.5) is 0 Å². The molecule has 19 heavy (non-hydrogen) atoms. The lowest BCUT2D eigenvalue weighted by Crippen LogP contribution is -2.35. The molecule has 108 valence electrons. The molecular weight excluding hydrogens is 333 g/mol. The van der Waals surface area contributed by atoms with Crippen molar-refractivity contribution in [2.24, 2.45) is 11.8 Å². The van der Waals surface area contributed by atoms with Crippen molar-refractivity contribution in [3.8, 4) is 0 Å². The first-order valence-electron chi connectivity index (χ1n) is 5.32. The van der Waals surface area contributed by atoms with Crippen LogP contribution in [0.3, 0.4) is 0 Å². The summed E-state index contributed by atoms with van der Waals surface area (Å²) in [5.74, 6) is -2.04. The summed E-state index contributed by atoms with van der Waals surface area (Å²) in [6.45, 7) is 3.22. The molecule has 0 fully saturated rings. The van der Waals surface area contributed by atoms with E-state index < -0.39 is 21.9 Å². The van der Waals surface area contributed by atoms with E-state index in [0.29, 0.717) is 0 Å². The van der Waals surface area contributed by atoms with Crippen molar-refractivity contribution in [2.75, 3.05) is 6.54 Å². The Bertz CT molecular complexity index is 568. The second-order valence-corrected chi connectivity index (χ2v) is 8.25. The van der Waals surface area contributed by atoms with Gasteiger partial charge in [0.25, 0.3) is 0 Å². The third-order valence-corrected chi connectivity index (χ3v) is 5.71. The lowest BCUT2D eigenvalue weighted by Gasteiger charge is -2.16. The Labute approximate surface area is 125 Å². The summed E-state index contributed by atoms with van der Waals surface area (Å²) < 4.78 is 26.5. The molecule has 0 bridgehead atoms. The zero-order chi connectivity index (χ0) is 14.8. The van der Waals surface area contributed by atoms with Crippen LogP contribution in [-0.2, 0) is 14.8 Å². The summed E-state index contributed by atoms with van der Waals surface area (Å²) in [6, 6.07) is 1.24. The predicted molar refractivity (Wildman–Crippen MR) is 75.5 cm³/mol. The van der Waals surface area contributed by atoms with Gasteiger partial charge in [-0.15, -0.1) is 11.3 Å². The van der Waals surface area contributed by atoms with Crippen molar-refractivity contribution in [1.29, 1.82) is 0 Å². The van der Waals surface area contributed by atoms with Crippen LogP contribution in [0.25, 0.3) is 0 Å². The summed E-state index contributed by atoms with van der Waals surface area (Å²) in [5.41, 5.74) is 0. The fourth-order valence-corrected chi connectivity index (χ4v) is 4.60. The summed E-state index contributed by atoms with van der Waals surface area (Å²) >= 11 is 12.4. The van der Waals surface area contributed by atoms with Crippen molar-refractivity contribution in [2.45, 2.75) is 18.7 Å². The lowest BCUT2D eigenvalue weighted by atomic mass is 9.97. The molecule has 1 heterocycles. The van der Waals surface area contributed by atoms with E-state index in [-0.39, 0.29) is 26.0 Å². The first kappa shape index (κ1) is 16.7. The second-order valence-electron chi connectivity index (χ2n) is 4.23. The summed E-state index contributed by atoms with van der Waals surface area (Å²) in [5, 5.41) is 8.99. The Kier molecular flexibility index (Phi) is 5.64. The van der Waals surface area contributed by atoms with E-state index in [0.717, 1.165) is 11.3 Å². The van der Waals surface area contributed by atoms with Crippen LogP contribution in [0.2, 0.25) is 8.67 Å². The third-order valence-electron chi connectivity index (χ3n) is 2.53. The Morgan fingerprint density at radius 1 is 1.47 bits per heavy atom. The van der Waals surface area contributed by atoms with Gasteiger partial charge in [-0.05, 0) is 12.0 Å². The zero-order valence-corrected chi connectivity index (χ0v) is 13.3. The Hall–Kier alpha value is -0.340. The van der Waals surface area contributed by atoms with Crippen molar-refractivity contribution in [3.63, 3.8) is 0 Å². The van der Waals surface area contributed by atoms with Crippen molar-refractivity contribution in [1.82, 2.24) is 4.72 Å². The first-order valence-corrected chi connectivity index (χ1v) is 8.38. The number of carboxylic acid groups (broad SMARTS) is 1. The smallest absolute Gasteiger partial charge is 0.308 e. The van der Waals surface area contributed by atoms with E-state index in [2.05, 4.69) is 4.72 Å². The minimum atomic E-state index is -3.85. The molecule has 0 amide bonds. The molecule has 0 saturated heterocycles. The molecule has 9 heteroatoms. The topological polar surface area (TPSA) is 83.5 Å². The quantitative estimate of drug-likeness (QED) is 0.830. The third kappa shape index (κ3) is 4.32. The van der Waals surface area contributed by atoms with Gasteiger partial charge in [-0.25, -0.2) is 13.1 Å². The second kappa shape index (κ2) is 6.41. The maximum atomic E-state index is 12.0. The van der Waals surface area contributed by atoms with Gasteiger partial charge >= 0.3 is 5.97 Å². The highest BCUT2D eigenvalue weighted by Crippen LogP contribution is 2.34. The van der Waals surface area contributed by atoms with Gasteiger partial charge in [-0.1, -0.05) is 37.0 Å². The van der Waals surface area contributed by atoms with Crippen molar-refractivity contribution >= 4 is 50.5 Å². The van der Waals surface area contributed by atoms with Gasteiger partial charge in [0.05, 0.1) is 10.3 Å². The highest BCUT2D eigenvalue weighted by Gasteiger charge is 2.26. The van der Waals surface area contributed by atoms with Crippen LogP contribution in [0.1, 0.15) is 13.8 Å². The summed E-state index contributed by atoms with van der Waals surface area (Å²) in [7, 11) is -3.85. The standard InChI is InChI=1S/C10H13Cl2NO4S2/c1-5(2)6(10(14)15)4-13-19(16,17)7-3-8(11)18-9(7)12/h3,5-6,13H,4H2,1-2H3,(H,14,15). The largest absolute Gasteiger partial charge is 0.481 e. The Morgan fingerprint density at radius 3 is 2.42 bits per heavy atom. The van der Waals surface area contributed by atoms with E-state index in [1.807, 2.05) is 0 Å². The van der Waals surface area contributed by atoms with E-state index in [4.69, 9.17) is 28.3 Å². The fraction of sp³-hybridized carbons (Fsp3) is 0.500. The number of halogens is 2. The van der Waals surface area contributed by atoms with Crippen LogP contribution in [0, 0.1) is 11.8 Å². The highest BCUT2D eigenvalue weighted by molar-refractivity contribution is 7.89. The van der Waals surface area contributed by atoms with E-state index in [9.17, 15) is 13.2 Å². The van der Waals surface area contributed by atoms with Crippen LogP contribution >= 0.6 is 34.5 Å². The van der Waals surface area contributed by atoms with Gasteiger partial charge in [0, 0.05) is 6.54 Å². The van der Waals surface area contributed by atoms with Gasteiger partial charge in [-0.3, -0.25) is 4.79 Å². The molecule has 0 aromatic carbocycles. The molecule has 0 saturated carbocycles. The van der Waals surface area contributed by atoms with Gasteiger partial charge < -0.3 is 5.11 Å². The molecule has 0 spiro atoms. The van der Waals surface area contributed by atoms with Gasteiger partial charge in [0.15, 0.2) is 0 Å². The maximum Gasteiger partial charge on any atom is 0.308 e. The van der Waals surface area contributed by atoms with E-state index >= 15 is 0 Å². The molecule has 0 aliphatic rings. The van der Waals surface area contributed by atoms with Gasteiger partial charge in [0.2, 0.25) is 10.0 Å². The average Bonchev–Trinajstić information content (AvgIpc) is 2.57. The van der Waals surface area contributed by atoms with E-state index in [1.54, 1.807) is 13.8 Å². The average molecular weight is 346 g/mol. The maximum absolute atomic E-state index is 12.0. The molecule has 1 rings (SSSR count). The van der Waals surface area contributed by atoms with Crippen molar-refractivity contribution in [3.05, 3.63) is 14.7 Å². The molecule has 1 atom stereocenters. The molecule has 0 aliphatic heterocycles. The monoisotopic (exact) mass is 345 g/mol. The molecule has 0 aliphatic carbocycles. The predicted octanol–water partition coefficient (Wildman–Crippen LogP) is 2.69. The number of carbonyl (C=O) groups is 1. The molecule has 5 nitrogen and oxygen atoms in total. The minimum absolute atomic E-state index is 0.0499. The normalized spacial score (nSPS) is 13.7. The Balaban J connectivity index is 2.87. The Morgan fingerprint density at radius 2 is 2.05 bits per heavy atom. The van der Waals surface area contributed by atoms with Crippen LogP contribution < -0.4 is 4.72 Å². The number of hydrogen-bond donors (Lipinski definition) is 2. The van der Waals surface area contributed by atoms with Crippen LogP contribution in [-0.4, -0.2) is 26.0 Å². The number of thiophene rings is 1. The first-order chi connectivity index (χ1) is 8.65. The number of nitrogens with one attached hydrogen (secondary N) is 1. The van der Waals surface area contributed by atoms with Gasteiger partial charge in [-0.2, -0.15) is 0 Å². The van der Waals surface area contributed by atoms with Crippen LogP contribution in [0.15, 0.2) is 11.0 Å². The minimum Gasteiger partial charge on any atom is -0.481 e. The number of sulfonamides is 1. The summed E-state index contributed by atoms with van der Waals surface area (Å²) in [6.07, 6.45) is 0. The molecule has 1 aromatic rings. The number of aliphatic carboxylic acids is 1. The molecule has 1 aromatic heterocycles. The van der Waals surface area contributed by atoms with Crippen molar-refractivity contribution < 1.29 is 18.3 Å². The molecule has 1 unspecified atom stereocenters.